The second-order valence-electron chi connectivity index (χ2n) is 7.54. The zero-order valence-electron chi connectivity index (χ0n) is 17.3. The third-order valence-corrected chi connectivity index (χ3v) is 6.60. The minimum atomic E-state index is -3.56. The van der Waals surface area contributed by atoms with E-state index < -0.39 is 15.6 Å². The van der Waals surface area contributed by atoms with Gasteiger partial charge in [0, 0.05) is 19.6 Å². The lowest BCUT2D eigenvalue weighted by atomic mass is 9.86. The topological polar surface area (TPSA) is 69.6 Å². The van der Waals surface area contributed by atoms with Gasteiger partial charge >= 0.3 is 0 Å². The standard InChI is InChI=1S/C24H28N2O3S/c1-20-13-15-23(16-14-20)30(28,29)25-17-18-26(2)19-24(27,21-9-5-3-6-10-21)22-11-7-4-8-12-22/h3-16,25,27H,17-19H2,1-2H3. The normalized spacial score (nSPS) is 12.3. The van der Waals surface area contributed by atoms with Crippen LogP contribution in [0.3, 0.4) is 0 Å². The molecule has 3 rings (SSSR count). The molecule has 5 nitrogen and oxygen atoms in total. The summed E-state index contributed by atoms with van der Waals surface area (Å²) in [5.74, 6) is 0. The number of sulfonamides is 1. The molecule has 0 bridgehead atoms. The summed E-state index contributed by atoms with van der Waals surface area (Å²) in [7, 11) is -1.69. The zero-order chi connectivity index (χ0) is 21.6. The molecule has 3 aromatic rings. The average Bonchev–Trinajstić information content (AvgIpc) is 2.75. The van der Waals surface area contributed by atoms with Crippen LogP contribution in [0.15, 0.2) is 89.8 Å². The highest BCUT2D eigenvalue weighted by atomic mass is 32.2. The fourth-order valence-electron chi connectivity index (χ4n) is 3.42. The first-order chi connectivity index (χ1) is 14.3. The van der Waals surface area contributed by atoms with Crippen molar-refractivity contribution in [2.45, 2.75) is 17.4 Å². The van der Waals surface area contributed by atoms with E-state index in [1.807, 2.05) is 79.5 Å². The van der Waals surface area contributed by atoms with E-state index in [0.717, 1.165) is 16.7 Å². The van der Waals surface area contributed by atoms with Crippen LogP contribution in [0.5, 0.6) is 0 Å². The molecule has 2 N–H and O–H groups in total. The largest absolute Gasteiger partial charge is 0.379 e. The van der Waals surface area contributed by atoms with Crippen LogP contribution in [0.25, 0.3) is 0 Å². The van der Waals surface area contributed by atoms with Gasteiger partial charge in [0.05, 0.1) is 4.90 Å². The molecule has 0 aliphatic carbocycles. The lowest BCUT2D eigenvalue weighted by Gasteiger charge is -2.33. The predicted molar refractivity (Wildman–Crippen MR) is 120 cm³/mol. The molecule has 0 aliphatic rings. The third-order valence-electron chi connectivity index (χ3n) is 5.12. The van der Waals surface area contributed by atoms with Gasteiger partial charge in [-0.3, -0.25) is 0 Å². The number of nitrogens with one attached hydrogen (secondary N) is 1. The molecule has 3 aromatic carbocycles. The Bertz CT molecular complexity index is 997. The van der Waals surface area contributed by atoms with Crippen LogP contribution in [0.2, 0.25) is 0 Å². The molecule has 0 aromatic heterocycles. The van der Waals surface area contributed by atoms with E-state index in [0.29, 0.717) is 13.1 Å². The Labute approximate surface area is 179 Å². The smallest absolute Gasteiger partial charge is 0.240 e. The van der Waals surface area contributed by atoms with Gasteiger partial charge in [-0.1, -0.05) is 78.4 Å². The predicted octanol–water partition coefficient (Wildman–Crippen LogP) is 3.14. The van der Waals surface area contributed by atoms with E-state index in [9.17, 15) is 13.5 Å². The number of rotatable bonds is 9. The number of aryl methyl sites for hydroxylation is 1. The SMILES string of the molecule is Cc1ccc(S(=O)(=O)NCCN(C)CC(O)(c2ccccc2)c2ccccc2)cc1. The fourth-order valence-corrected chi connectivity index (χ4v) is 4.44. The van der Waals surface area contributed by atoms with Gasteiger partial charge in [0.1, 0.15) is 5.60 Å². The number of benzene rings is 3. The second kappa shape index (κ2) is 9.53. The Hall–Kier alpha value is -2.51. The number of likely N-dealkylation sites (N-methyl/N-ethyl adjacent to an activating group) is 1. The molecule has 0 radical (unpaired) electrons. The molecule has 0 amide bonds. The molecule has 0 heterocycles. The van der Waals surface area contributed by atoms with Gasteiger partial charge in [0.25, 0.3) is 0 Å². The highest BCUT2D eigenvalue weighted by molar-refractivity contribution is 7.89. The van der Waals surface area contributed by atoms with E-state index in [1.165, 1.54) is 0 Å². The number of nitrogens with zero attached hydrogens (tertiary/aromatic N) is 1. The summed E-state index contributed by atoms with van der Waals surface area (Å²) < 4.78 is 27.6. The van der Waals surface area contributed by atoms with Gasteiger partial charge in [-0.25, -0.2) is 13.1 Å². The minimum absolute atomic E-state index is 0.242. The van der Waals surface area contributed by atoms with Crippen molar-refractivity contribution in [1.82, 2.24) is 9.62 Å². The zero-order valence-corrected chi connectivity index (χ0v) is 18.1. The first kappa shape index (κ1) is 22.2. The van der Waals surface area contributed by atoms with Crippen molar-refractivity contribution in [3.63, 3.8) is 0 Å². The summed E-state index contributed by atoms with van der Waals surface area (Å²) in [6, 6.07) is 25.8. The molecule has 0 saturated heterocycles. The van der Waals surface area contributed by atoms with Crippen molar-refractivity contribution in [3.8, 4) is 0 Å². The van der Waals surface area contributed by atoms with Crippen LogP contribution < -0.4 is 4.72 Å². The quantitative estimate of drug-likeness (QED) is 0.554. The van der Waals surface area contributed by atoms with Crippen molar-refractivity contribution < 1.29 is 13.5 Å². The van der Waals surface area contributed by atoms with E-state index in [2.05, 4.69) is 4.72 Å². The summed E-state index contributed by atoms with van der Waals surface area (Å²) in [5, 5.41) is 11.6. The van der Waals surface area contributed by atoms with Crippen molar-refractivity contribution in [2.24, 2.45) is 0 Å². The van der Waals surface area contributed by atoms with Gasteiger partial charge in [0.2, 0.25) is 10.0 Å². The van der Waals surface area contributed by atoms with Gasteiger partial charge < -0.3 is 10.0 Å². The van der Waals surface area contributed by atoms with Crippen molar-refractivity contribution >= 4 is 10.0 Å². The molecule has 0 saturated carbocycles. The maximum Gasteiger partial charge on any atom is 0.240 e. The van der Waals surface area contributed by atoms with E-state index >= 15 is 0 Å². The van der Waals surface area contributed by atoms with Crippen LogP contribution in [0.1, 0.15) is 16.7 Å². The van der Waals surface area contributed by atoms with E-state index in [-0.39, 0.29) is 11.4 Å². The summed E-state index contributed by atoms with van der Waals surface area (Å²) >= 11 is 0. The van der Waals surface area contributed by atoms with Crippen LogP contribution in [0.4, 0.5) is 0 Å². The Balaban J connectivity index is 1.68. The first-order valence-corrected chi connectivity index (χ1v) is 11.4. The van der Waals surface area contributed by atoms with Gasteiger partial charge in [0.15, 0.2) is 0 Å². The summed E-state index contributed by atoms with van der Waals surface area (Å²) in [5.41, 5.74) is 1.40. The molecular weight excluding hydrogens is 396 g/mol. The lowest BCUT2D eigenvalue weighted by molar-refractivity contribution is 0.0447. The van der Waals surface area contributed by atoms with Crippen LogP contribution in [0, 0.1) is 6.92 Å². The first-order valence-electron chi connectivity index (χ1n) is 9.89. The molecular formula is C24H28N2O3S. The van der Waals surface area contributed by atoms with Crippen LogP contribution in [-0.4, -0.2) is 45.1 Å². The van der Waals surface area contributed by atoms with Gasteiger partial charge in [-0.15, -0.1) is 0 Å². The molecule has 0 spiro atoms. The van der Waals surface area contributed by atoms with E-state index in [1.54, 1.807) is 24.3 Å². The Morgan fingerprint density at radius 1 is 0.867 bits per heavy atom. The molecule has 0 unspecified atom stereocenters. The van der Waals surface area contributed by atoms with E-state index in [4.69, 9.17) is 0 Å². The Morgan fingerprint density at radius 3 is 1.87 bits per heavy atom. The molecule has 0 aliphatic heterocycles. The molecule has 0 atom stereocenters. The minimum Gasteiger partial charge on any atom is -0.379 e. The monoisotopic (exact) mass is 424 g/mol. The maximum atomic E-state index is 12.5. The highest BCUT2D eigenvalue weighted by Gasteiger charge is 2.32. The summed E-state index contributed by atoms with van der Waals surface area (Å²) in [4.78, 5) is 2.18. The molecule has 6 heteroatoms. The highest BCUT2D eigenvalue weighted by Crippen LogP contribution is 2.30. The van der Waals surface area contributed by atoms with Crippen molar-refractivity contribution in [1.29, 1.82) is 0 Å². The van der Waals surface area contributed by atoms with Crippen LogP contribution >= 0.6 is 0 Å². The lowest BCUT2D eigenvalue weighted by Crippen LogP contribution is -2.43. The average molecular weight is 425 g/mol. The molecule has 30 heavy (non-hydrogen) atoms. The number of hydrogen-bond acceptors (Lipinski definition) is 4. The number of aliphatic hydroxyl groups is 1. The van der Waals surface area contributed by atoms with Crippen molar-refractivity contribution in [2.75, 3.05) is 26.7 Å². The van der Waals surface area contributed by atoms with Gasteiger partial charge in [-0.2, -0.15) is 0 Å². The van der Waals surface area contributed by atoms with Crippen LogP contribution in [-0.2, 0) is 15.6 Å². The maximum absolute atomic E-state index is 12.5. The Morgan fingerprint density at radius 2 is 1.37 bits per heavy atom. The Kier molecular flexibility index (Phi) is 7.05. The van der Waals surface area contributed by atoms with Gasteiger partial charge in [-0.05, 0) is 37.2 Å². The second-order valence-corrected chi connectivity index (χ2v) is 9.31. The molecule has 158 valence electrons. The fraction of sp³-hybridized carbons (Fsp3) is 0.250. The van der Waals surface area contributed by atoms with Crippen molar-refractivity contribution in [3.05, 3.63) is 102 Å². The number of hydrogen-bond donors (Lipinski definition) is 2. The molecule has 0 fully saturated rings. The third kappa shape index (κ3) is 5.34. The summed E-state index contributed by atoms with van der Waals surface area (Å²) in [6.07, 6.45) is 0. The summed E-state index contributed by atoms with van der Waals surface area (Å²) in [6.45, 7) is 2.94.